The largest absolute Gasteiger partial charge is 0.481 e. The van der Waals surface area contributed by atoms with E-state index in [0.717, 1.165) is 18.5 Å². The average molecular weight is 325 g/mol. The summed E-state index contributed by atoms with van der Waals surface area (Å²) in [4.78, 5) is 23.6. The van der Waals surface area contributed by atoms with Crippen molar-refractivity contribution in [1.82, 2.24) is 15.1 Å². The number of nitrogens with zero attached hydrogens (tertiary/aromatic N) is 2. The molecule has 1 atom stereocenters. The maximum atomic E-state index is 12.5. The predicted molar refractivity (Wildman–Crippen MR) is 86.6 cm³/mol. The molecule has 1 rings (SSSR count). The molecule has 0 radical (unpaired) electrons. The van der Waals surface area contributed by atoms with E-state index in [1.807, 2.05) is 11.6 Å². The van der Waals surface area contributed by atoms with Crippen LogP contribution in [-0.2, 0) is 9.53 Å². The van der Waals surface area contributed by atoms with Crippen molar-refractivity contribution in [2.24, 2.45) is 0 Å². The summed E-state index contributed by atoms with van der Waals surface area (Å²) >= 11 is 0. The molecular formula is C16H27N3O4. The number of aromatic nitrogens is 2. The van der Waals surface area contributed by atoms with Gasteiger partial charge in [-0.15, -0.1) is 0 Å². The van der Waals surface area contributed by atoms with Crippen LogP contribution < -0.4 is 5.32 Å². The van der Waals surface area contributed by atoms with Gasteiger partial charge in [0.1, 0.15) is 0 Å². The predicted octanol–water partition coefficient (Wildman–Crippen LogP) is 2.16. The zero-order valence-electron chi connectivity index (χ0n) is 14.5. The van der Waals surface area contributed by atoms with Gasteiger partial charge < -0.3 is 15.2 Å². The first-order chi connectivity index (χ1) is 10.8. The maximum absolute atomic E-state index is 12.5. The third-order valence-corrected chi connectivity index (χ3v) is 4.00. The summed E-state index contributed by atoms with van der Waals surface area (Å²) in [7, 11) is 1.47. The van der Waals surface area contributed by atoms with E-state index in [2.05, 4.69) is 24.3 Å². The van der Waals surface area contributed by atoms with E-state index in [1.165, 1.54) is 13.3 Å². The number of hydrogen-bond acceptors (Lipinski definition) is 4. The number of hydrogen-bond donors (Lipinski definition) is 2. The van der Waals surface area contributed by atoms with Crippen LogP contribution in [0.2, 0.25) is 0 Å². The number of amides is 1. The Morgan fingerprint density at radius 2 is 2.04 bits per heavy atom. The standard InChI is InChI=1S/C16H27N3O4/c1-6-12(7-2)19-11(3)13(9-17-19)15(22)18-16(4,10-23-5)8-14(20)21/h9,12H,6-8,10H2,1-5H3,(H,18,22)(H,20,21). The second-order valence-corrected chi connectivity index (χ2v) is 6.08. The zero-order chi connectivity index (χ0) is 17.6. The van der Waals surface area contributed by atoms with E-state index < -0.39 is 11.5 Å². The van der Waals surface area contributed by atoms with Crippen molar-refractivity contribution in [3.63, 3.8) is 0 Å². The molecule has 7 heteroatoms. The topological polar surface area (TPSA) is 93.5 Å². The van der Waals surface area contributed by atoms with Gasteiger partial charge in [0, 0.05) is 12.8 Å². The van der Waals surface area contributed by atoms with Crippen LogP contribution in [0.3, 0.4) is 0 Å². The van der Waals surface area contributed by atoms with Gasteiger partial charge in [0.05, 0.1) is 36.4 Å². The first-order valence-electron chi connectivity index (χ1n) is 7.85. The van der Waals surface area contributed by atoms with Crippen LogP contribution in [0.15, 0.2) is 6.20 Å². The van der Waals surface area contributed by atoms with Crippen molar-refractivity contribution >= 4 is 11.9 Å². The lowest BCUT2D eigenvalue weighted by atomic mass is 9.98. The third kappa shape index (κ3) is 4.79. The number of ether oxygens (including phenoxy) is 1. The summed E-state index contributed by atoms with van der Waals surface area (Å²) in [6.45, 7) is 7.79. The van der Waals surface area contributed by atoms with Gasteiger partial charge in [0.15, 0.2) is 0 Å². The van der Waals surface area contributed by atoms with Gasteiger partial charge in [-0.2, -0.15) is 5.10 Å². The molecule has 0 spiro atoms. The quantitative estimate of drug-likeness (QED) is 0.725. The first kappa shape index (κ1) is 19.2. The van der Waals surface area contributed by atoms with Crippen LogP contribution in [0.1, 0.15) is 62.1 Å². The number of carboxylic acid groups (broad SMARTS) is 1. The van der Waals surface area contributed by atoms with E-state index in [1.54, 1.807) is 6.92 Å². The van der Waals surface area contributed by atoms with Gasteiger partial charge in [-0.3, -0.25) is 14.3 Å². The summed E-state index contributed by atoms with van der Waals surface area (Å²) in [5.41, 5.74) is 0.275. The number of carboxylic acids is 1. The fourth-order valence-electron chi connectivity index (χ4n) is 2.77. The molecule has 0 saturated carbocycles. The van der Waals surface area contributed by atoms with Crippen LogP contribution >= 0.6 is 0 Å². The molecule has 1 unspecified atom stereocenters. The van der Waals surface area contributed by atoms with Crippen molar-refractivity contribution in [2.45, 2.75) is 58.5 Å². The van der Waals surface area contributed by atoms with Crippen LogP contribution in [0.25, 0.3) is 0 Å². The number of rotatable bonds is 9. The van der Waals surface area contributed by atoms with Crippen molar-refractivity contribution in [1.29, 1.82) is 0 Å². The molecule has 1 aromatic rings. The Kier molecular flexibility index (Phi) is 6.75. The fourth-order valence-corrected chi connectivity index (χ4v) is 2.77. The summed E-state index contributed by atoms with van der Waals surface area (Å²) in [6.07, 6.45) is 3.18. The summed E-state index contributed by atoms with van der Waals surface area (Å²) in [6, 6.07) is 0.251. The van der Waals surface area contributed by atoms with Gasteiger partial charge in [0.2, 0.25) is 0 Å². The average Bonchev–Trinajstić information content (AvgIpc) is 2.81. The molecule has 0 aliphatic rings. The molecule has 0 aromatic carbocycles. The second kappa shape index (κ2) is 8.10. The Bertz CT molecular complexity index is 552. The highest BCUT2D eigenvalue weighted by molar-refractivity contribution is 5.95. The van der Waals surface area contributed by atoms with Crippen molar-refractivity contribution in [3.05, 3.63) is 17.5 Å². The lowest BCUT2D eigenvalue weighted by Gasteiger charge is -2.28. The Hall–Kier alpha value is -1.89. The highest BCUT2D eigenvalue weighted by Crippen LogP contribution is 2.20. The molecule has 1 aromatic heterocycles. The molecule has 0 fully saturated rings. The van der Waals surface area contributed by atoms with Gasteiger partial charge in [-0.25, -0.2) is 0 Å². The lowest BCUT2D eigenvalue weighted by molar-refractivity contribution is -0.139. The Balaban J connectivity index is 2.98. The van der Waals surface area contributed by atoms with Crippen molar-refractivity contribution < 1.29 is 19.4 Å². The summed E-state index contributed by atoms with van der Waals surface area (Å²) < 4.78 is 6.92. The van der Waals surface area contributed by atoms with Crippen LogP contribution in [0.4, 0.5) is 0 Å². The molecule has 1 heterocycles. The smallest absolute Gasteiger partial charge is 0.305 e. The highest BCUT2D eigenvalue weighted by Gasteiger charge is 2.31. The van der Waals surface area contributed by atoms with E-state index in [0.29, 0.717) is 5.56 Å². The summed E-state index contributed by atoms with van der Waals surface area (Å²) in [5, 5.41) is 16.1. The first-order valence-corrected chi connectivity index (χ1v) is 7.85. The molecule has 0 aliphatic heterocycles. The minimum absolute atomic E-state index is 0.116. The number of nitrogens with one attached hydrogen (secondary N) is 1. The fraction of sp³-hybridized carbons (Fsp3) is 0.688. The van der Waals surface area contributed by atoms with Crippen LogP contribution in [-0.4, -0.2) is 46.0 Å². The Morgan fingerprint density at radius 3 is 2.52 bits per heavy atom. The minimum atomic E-state index is -0.991. The molecule has 1 amide bonds. The second-order valence-electron chi connectivity index (χ2n) is 6.08. The van der Waals surface area contributed by atoms with Gasteiger partial charge in [0.25, 0.3) is 5.91 Å². The monoisotopic (exact) mass is 325 g/mol. The van der Waals surface area contributed by atoms with Crippen LogP contribution in [0.5, 0.6) is 0 Å². The molecular weight excluding hydrogens is 298 g/mol. The number of carbonyl (C=O) groups excluding carboxylic acids is 1. The Morgan fingerprint density at radius 1 is 1.43 bits per heavy atom. The maximum Gasteiger partial charge on any atom is 0.305 e. The molecule has 0 saturated heterocycles. The number of aliphatic carboxylic acids is 1. The third-order valence-electron chi connectivity index (χ3n) is 4.00. The number of carbonyl (C=O) groups is 2. The van der Waals surface area contributed by atoms with Gasteiger partial charge in [-0.1, -0.05) is 13.8 Å². The zero-order valence-corrected chi connectivity index (χ0v) is 14.5. The van der Waals surface area contributed by atoms with Crippen molar-refractivity contribution in [3.8, 4) is 0 Å². The number of methoxy groups -OCH3 is 1. The molecule has 23 heavy (non-hydrogen) atoms. The van der Waals surface area contributed by atoms with E-state index >= 15 is 0 Å². The van der Waals surface area contributed by atoms with E-state index in [-0.39, 0.29) is 25.0 Å². The van der Waals surface area contributed by atoms with Gasteiger partial charge >= 0.3 is 5.97 Å². The Labute approximate surface area is 137 Å². The van der Waals surface area contributed by atoms with Crippen molar-refractivity contribution in [2.75, 3.05) is 13.7 Å². The lowest BCUT2D eigenvalue weighted by Crippen LogP contribution is -2.50. The van der Waals surface area contributed by atoms with Crippen LogP contribution in [0, 0.1) is 6.92 Å². The van der Waals surface area contributed by atoms with E-state index in [4.69, 9.17) is 9.84 Å². The summed E-state index contributed by atoms with van der Waals surface area (Å²) in [5.74, 6) is -1.32. The van der Waals surface area contributed by atoms with E-state index in [9.17, 15) is 9.59 Å². The molecule has 130 valence electrons. The van der Waals surface area contributed by atoms with Gasteiger partial charge in [-0.05, 0) is 26.7 Å². The molecule has 0 bridgehead atoms. The normalized spacial score (nSPS) is 13.8. The highest BCUT2D eigenvalue weighted by atomic mass is 16.5. The molecule has 2 N–H and O–H groups in total. The molecule has 7 nitrogen and oxygen atoms in total. The molecule has 0 aliphatic carbocycles. The SMILES string of the molecule is CCC(CC)n1ncc(C(=O)NC(C)(COC)CC(=O)O)c1C. The minimum Gasteiger partial charge on any atom is -0.481 e.